The number of carbonyl (C=O) groups excluding carboxylic acids is 2. The number of nitrogens with zero attached hydrogens (tertiary/aromatic N) is 1. The zero-order chi connectivity index (χ0) is 19.3. The topological polar surface area (TPSA) is 108 Å². The molecule has 1 amide bonds. The van der Waals surface area contributed by atoms with Crippen LogP contribution in [0.2, 0.25) is 0 Å². The minimum absolute atomic E-state index is 0.0270. The third-order valence-electron chi connectivity index (χ3n) is 3.34. The van der Waals surface area contributed by atoms with E-state index >= 15 is 0 Å². The first kappa shape index (κ1) is 19.4. The molecule has 136 valence electrons. The van der Waals surface area contributed by atoms with Crippen molar-refractivity contribution in [3.05, 3.63) is 62.1 Å². The third-order valence-corrected chi connectivity index (χ3v) is 4.01. The van der Waals surface area contributed by atoms with Crippen molar-refractivity contribution in [2.75, 3.05) is 19.0 Å². The van der Waals surface area contributed by atoms with E-state index in [-0.39, 0.29) is 15.7 Å². The molecule has 2 rings (SSSR count). The molecule has 0 aliphatic rings. The average Bonchev–Trinajstić information content (AvgIpc) is 2.60. The summed E-state index contributed by atoms with van der Waals surface area (Å²) in [6.45, 7) is 1.31. The zero-order valence-corrected chi connectivity index (χ0v) is 15.5. The van der Waals surface area contributed by atoms with Gasteiger partial charge in [0.2, 0.25) is 0 Å². The van der Waals surface area contributed by atoms with E-state index in [2.05, 4.69) is 21.2 Å². The maximum absolute atomic E-state index is 12.0. The molecule has 0 bridgehead atoms. The Morgan fingerprint density at radius 1 is 1.23 bits per heavy atom. The molecule has 0 aromatic heterocycles. The summed E-state index contributed by atoms with van der Waals surface area (Å²) in [6.07, 6.45) is 0. The summed E-state index contributed by atoms with van der Waals surface area (Å²) in [5.41, 5.74) is 1.07. The number of hydrogen-bond donors (Lipinski definition) is 1. The maximum Gasteiger partial charge on any atom is 0.338 e. The van der Waals surface area contributed by atoms with Crippen molar-refractivity contribution < 1.29 is 24.0 Å². The monoisotopic (exact) mass is 422 g/mol. The lowest BCUT2D eigenvalue weighted by molar-refractivity contribution is -0.385. The Morgan fingerprint density at radius 2 is 1.96 bits per heavy atom. The Kier molecular flexibility index (Phi) is 6.29. The van der Waals surface area contributed by atoms with Crippen molar-refractivity contribution in [2.45, 2.75) is 6.92 Å². The van der Waals surface area contributed by atoms with E-state index in [9.17, 15) is 19.7 Å². The second-order valence-corrected chi connectivity index (χ2v) is 6.11. The summed E-state index contributed by atoms with van der Waals surface area (Å²) in [6, 6.07) is 9.06. The van der Waals surface area contributed by atoms with Crippen LogP contribution in [0.4, 0.5) is 11.4 Å². The Bertz CT molecular complexity index is 868. The summed E-state index contributed by atoms with van der Waals surface area (Å²) in [4.78, 5) is 34.3. The number of hydrogen-bond acceptors (Lipinski definition) is 6. The second-order valence-electron chi connectivity index (χ2n) is 5.25. The van der Waals surface area contributed by atoms with Gasteiger partial charge in [-0.1, -0.05) is 6.07 Å². The molecule has 8 nitrogen and oxygen atoms in total. The van der Waals surface area contributed by atoms with Gasteiger partial charge in [-0.3, -0.25) is 14.9 Å². The van der Waals surface area contributed by atoms with Crippen LogP contribution in [0.1, 0.15) is 15.9 Å². The molecule has 0 saturated carbocycles. The molecule has 0 atom stereocenters. The van der Waals surface area contributed by atoms with Gasteiger partial charge < -0.3 is 14.8 Å². The fraction of sp³-hybridized carbons (Fsp3) is 0.176. The molecule has 0 fully saturated rings. The van der Waals surface area contributed by atoms with E-state index in [1.165, 1.54) is 19.2 Å². The van der Waals surface area contributed by atoms with Crippen LogP contribution in [0.15, 0.2) is 40.9 Å². The lowest BCUT2D eigenvalue weighted by Gasteiger charge is -2.11. The Balaban J connectivity index is 2.01. The number of halogens is 1. The highest BCUT2D eigenvalue weighted by atomic mass is 79.9. The molecule has 0 radical (unpaired) electrons. The first-order valence-electron chi connectivity index (χ1n) is 7.37. The fourth-order valence-corrected chi connectivity index (χ4v) is 2.49. The lowest BCUT2D eigenvalue weighted by Crippen LogP contribution is -2.21. The number of benzene rings is 2. The van der Waals surface area contributed by atoms with Crippen molar-refractivity contribution >= 4 is 39.2 Å². The van der Waals surface area contributed by atoms with Gasteiger partial charge in [-0.2, -0.15) is 0 Å². The number of amides is 1. The van der Waals surface area contributed by atoms with Crippen molar-refractivity contribution in [2.24, 2.45) is 0 Å². The van der Waals surface area contributed by atoms with Gasteiger partial charge in [-0.15, -0.1) is 0 Å². The van der Waals surface area contributed by atoms with Gasteiger partial charge in [0.15, 0.2) is 6.61 Å². The molecule has 0 unspecified atom stereocenters. The summed E-state index contributed by atoms with van der Waals surface area (Å²) in [5, 5.41) is 13.5. The molecule has 9 heteroatoms. The van der Waals surface area contributed by atoms with Gasteiger partial charge in [0.25, 0.3) is 11.6 Å². The zero-order valence-electron chi connectivity index (χ0n) is 13.9. The predicted molar refractivity (Wildman–Crippen MR) is 97.4 cm³/mol. The number of rotatable bonds is 6. The van der Waals surface area contributed by atoms with E-state index < -0.39 is 23.4 Å². The molecule has 0 aliphatic heterocycles. The number of esters is 1. The van der Waals surface area contributed by atoms with Crippen LogP contribution in [0.25, 0.3) is 0 Å². The van der Waals surface area contributed by atoms with Crippen molar-refractivity contribution in [1.82, 2.24) is 0 Å². The lowest BCUT2D eigenvalue weighted by atomic mass is 10.2. The van der Waals surface area contributed by atoms with E-state index in [1.807, 2.05) is 13.0 Å². The molecule has 0 heterocycles. The number of aryl methyl sites for hydroxylation is 1. The summed E-state index contributed by atoms with van der Waals surface area (Å²) < 4.78 is 10.3. The maximum atomic E-state index is 12.0. The van der Waals surface area contributed by atoms with E-state index in [1.54, 1.807) is 12.1 Å². The first-order valence-corrected chi connectivity index (χ1v) is 8.16. The largest absolute Gasteiger partial charge is 0.495 e. The number of carbonyl (C=O) groups is 2. The molecule has 0 saturated heterocycles. The van der Waals surface area contributed by atoms with Crippen LogP contribution in [-0.2, 0) is 9.53 Å². The van der Waals surface area contributed by atoms with Crippen LogP contribution < -0.4 is 10.1 Å². The molecule has 2 aromatic rings. The molecular weight excluding hydrogens is 408 g/mol. The number of nitro benzene ring substituents is 1. The molecule has 26 heavy (non-hydrogen) atoms. The van der Waals surface area contributed by atoms with Gasteiger partial charge in [0.05, 0.1) is 27.8 Å². The smallest absolute Gasteiger partial charge is 0.338 e. The van der Waals surface area contributed by atoms with Crippen molar-refractivity contribution in [3.63, 3.8) is 0 Å². The van der Waals surface area contributed by atoms with Gasteiger partial charge in [-0.25, -0.2) is 4.79 Å². The van der Waals surface area contributed by atoms with Gasteiger partial charge in [0.1, 0.15) is 5.75 Å². The average molecular weight is 423 g/mol. The van der Waals surface area contributed by atoms with Crippen LogP contribution in [0.3, 0.4) is 0 Å². The number of nitrogens with one attached hydrogen (secondary N) is 1. The summed E-state index contributed by atoms with van der Waals surface area (Å²) in [7, 11) is 1.47. The highest BCUT2D eigenvalue weighted by molar-refractivity contribution is 9.10. The minimum Gasteiger partial charge on any atom is -0.495 e. The van der Waals surface area contributed by atoms with Crippen LogP contribution >= 0.6 is 15.9 Å². The van der Waals surface area contributed by atoms with Gasteiger partial charge in [-0.05, 0) is 52.7 Å². The third kappa shape index (κ3) is 4.79. The van der Waals surface area contributed by atoms with Crippen LogP contribution in [0.5, 0.6) is 5.75 Å². The van der Waals surface area contributed by atoms with Crippen molar-refractivity contribution in [1.29, 1.82) is 0 Å². The van der Waals surface area contributed by atoms with Crippen LogP contribution in [-0.4, -0.2) is 30.5 Å². The highest BCUT2D eigenvalue weighted by Crippen LogP contribution is 2.26. The number of ether oxygens (including phenoxy) is 2. The Hall–Kier alpha value is -2.94. The standard InChI is InChI=1S/C17H15BrN2O6/c1-10-3-6-15(25-2)13(7-10)19-16(21)9-26-17(22)11-4-5-12(18)14(8-11)20(23)24/h3-8H,9H2,1-2H3,(H,19,21). The predicted octanol–water partition coefficient (Wildman–Crippen LogP) is 3.47. The minimum atomic E-state index is -0.841. The fourth-order valence-electron chi connectivity index (χ4n) is 2.10. The van der Waals surface area contributed by atoms with Gasteiger partial charge >= 0.3 is 5.97 Å². The molecule has 2 aromatic carbocycles. The highest BCUT2D eigenvalue weighted by Gasteiger charge is 2.18. The second kappa shape index (κ2) is 8.43. The normalized spacial score (nSPS) is 10.1. The number of nitro groups is 1. The first-order chi connectivity index (χ1) is 12.3. The Labute approximate surface area is 157 Å². The quantitative estimate of drug-likeness (QED) is 0.433. The molecule has 1 N–H and O–H groups in total. The molecule has 0 spiro atoms. The van der Waals surface area contributed by atoms with E-state index in [0.717, 1.165) is 11.6 Å². The molecular formula is C17H15BrN2O6. The van der Waals surface area contributed by atoms with Crippen LogP contribution in [0, 0.1) is 17.0 Å². The Morgan fingerprint density at radius 3 is 2.62 bits per heavy atom. The van der Waals surface area contributed by atoms with Gasteiger partial charge in [0, 0.05) is 6.07 Å². The number of methoxy groups -OCH3 is 1. The summed E-state index contributed by atoms with van der Waals surface area (Å²) >= 11 is 3.03. The SMILES string of the molecule is COc1ccc(C)cc1NC(=O)COC(=O)c1ccc(Br)c([N+](=O)[O-])c1. The van der Waals surface area contributed by atoms with Crippen molar-refractivity contribution in [3.8, 4) is 5.75 Å². The van der Waals surface area contributed by atoms with E-state index in [0.29, 0.717) is 11.4 Å². The number of anilines is 1. The summed E-state index contributed by atoms with van der Waals surface area (Å²) in [5.74, 6) is -0.931. The molecule has 0 aliphatic carbocycles. The van der Waals surface area contributed by atoms with E-state index in [4.69, 9.17) is 9.47 Å².